The Labute approximate surface area is 268 Å². The Balaban J connectivity index is 1.46. The SMILES string of the molecule is CCN(Cc1ccc([C@H]2[C@@H](C(=O)Nc3cccc(C(C)(C)C)c3)CCCN2C(=O)c2c(C)cccc2F)cc1)C1CCOC1C. The molecule has 6 nitrogen and oxygen atoms in total. The largest absolute Gasteiger partial charge is 0.377 e. The summed E-state index contributed by atoms with van der Waals surface area (Å²) in [6, 6.07) is 20.8. The normalized spacial score (nSPS) is 22.1. The standard InChI is InChI=1S/C38H48FN3O3/c1-7-41(33-20-22-45-26(33)3)24-27-16-18-28(19-17-27)35-31(36(43)40-30-13-9-12-29(23-30)38(4,5)6)14-10-21-42(35)37(44)34-25(2)11-8-15-32(34)39/h8-9,11-13,15-19,23,26,31,33,35H,7,10,14,20-22,24H2,1-6H3,(H,40,43)/t26?,31-,33?,35-/m0/s1. The quantitative estimate of drug-likeness (QED) is 0.283. The number of hydrogen-bond acceptors (Lipinski definition) is 4. The van der Waals surface area contributed by atoms with Gasteiger partial charge in [0.15, 0.2) is 0 Å². The molecular weight excluding hydrogens is 565 g/mol. The summed E-state index contributed by atoms with van der Waals surface area (Å²) in [5.41, 5.74) is 4.51. The zero-order valence-electron chi connectivity index (χ0n) is 27.6. The van der Waals surface area contributed by atoms with Crippen LogP contribution in [0, 0.1) is 18.7 Å². The highest BCUT2D eigenvalue weighted by Gasteiger charge is 2.40. The van der Waals surface area contributed by atoms with Gasteiger partial charge in [-0.05, 0) is 85.5 Å². The molecule has 2 unspecified atom stereocenters. The molecule has 2 aliphatic rings. The number of likely N-dealkylation sites (tertiary alicyclic amines) is 1. The number of nitrogens with one attached hydrogen (secondary N) is 1. The molecule has 240 valence electrons. The number of amides is 2. The van der Waals surface area contributed by atoms with Crippen molar-refractivity contribution >= 4 is 17.5 Å². The fourth-order valence-electron chi connectivity index (χ4n) is 6.97. The second-order valence-electron chi connectivity index (χ2n) is 13.7. The van der Waals surface area contributed by atoms with Gasteiger partial charge in [-0.1, -0.05) is 76.2 Å². The van der Waals surface area contributed by atoms with Crippen LogP contribution in [-0.2, 0) is 21.5 Å². The highest BCUT2D eigenvalue weighted by atomic mass is 19.1. The van der Waals surface area contributed by atoms with E-state index in [1.54, 1.807) is 24.0 Å². The maximum atomic E-state index is 15.1. The zero-order valence-corrected chi connectivity index (χ0v) is 27.6. The lowest BCUT2D eigenvalue weighted by Crippen LogP contribution is -2.46. The van der Waals surface area contributed by atoms with E-state index in [2.05, 4.69) is 63.0 Å². The van der Waals surface area contributed by atoms with Gasteiger partial charge in [0.05, 0.1) is 23.6 Å². The smallest absolute Gasteiger partial charge is 0.257 e. The van der Waals surface area contributed by atoms with Gasteiger partial charge >= 0.3 is 0 Å². The summed E-state index contributed by atoms with van der Waals surface area (Å²) in [7, 11) is 0. The Kier molecular flexibility index (Phi) is 10.1. The van der Waals surface area contributed by atoms with E-state index in [9.17, 15) is 9.59 Å². The highest BCUT2D eigenvalue weighted by molar-refractivity contribution is 5.98. The van der Waals surface area contributed by atoms with Crippen LogP contribution in [0.15, 0.2) is 66.7 Å². The van der Waals surface area contributed by atoms with Crippen molar-refractivity contribution in [2.24, 2.45) is 5.92 Å². The van der Waals surface area contributed by atoms with Crippen LogP contribution in [0.4, 0.5) is 10.1 Å². The number of aryl methyl sites for hydroxylation is 1. The van der Waals surface area contributed by atoms with Crippen LogP contribution in [-0.4, -0.2) is 53.5 Å². The number of benzene rings is 3. The van der Waals surface area contributed by atoms with Crippen molar-refractivity contribution in [3.05, 3.63) is 100 Å². The van der Waals surface area contributed by atoms with Crippen molar-refractivity contribution < 1.29 is 18.7 Å². The molecule has 0 aliphatic carbocycles. The minimum absolute atomic E-state index is 0.0626. The second-order valence-corrected chi connectivity index (χ2v) is 13.7. The maximum absolute atomic E-state index is 15.1. The first-order chi connectivity index (χ1) is 21.5. The maximum Gasteiger partial charge on any atom is 0.257 e. The van der Waals surface area contributed by atoms with Crippen LogP contribution < -0.4 is 5.32 Å². The van der Waals surface area contributed by atoms with E-state index in [-0.39, 0.29) is 28.9 Å². The van der Waals surface area contributed by atoms with E-state index < -0.39 is 17.8 Å². The fourth-order valence-corrected chi connectivity index (χ4v) is 6.97. The van der Waals surface area contributed by atoms with Crippen molar-refractivity contribution in [1.82, 2.24) is 9.80 Å². The minimum Gasteiger partial charge on any atom is -0.377 e. The van der Waals surface area contributed by atoms with E-state index in [0.29, 0.717) is 31.0 Å². The number of halogens is 1. The Morgan fingerprint density at radius 3 is 2.42 bits per heavy atom. The summed E-state index contributed by atoms with van der Waals surface area (Å²) < 4.78 is 20.9. The molecule has 4 atom stereocenters. The number of nitrogens with zero attached hydrogens (tertiary/aromatic N) is 2. The predicted molar refractivity (Wildman–Crippen MR) is 178 cm³/mol. The molecule has 2 heterocycles. The van der Waals surface area contributed by atoms with Gasteiger partial charge in [0, 0.05) is 31.4 Å². The summed E-state index contributed by atoms with van der Waals surface area (Å²) in [5, 5.41) is 3.16. The van der Waals surface area contributed by atoms with Gasteiger partial charge in [0.25, 0.3) is 5.91 Å². The number of rotatable bonds is 8. The number of carbonyl (C=O) groups excluding carboxylic acids is 2. The van der Waals surface area contributed by atoms with Gasteiger partial charge in [-0.3, -0.25) is 14.5 Å². The molecule has 0 spiro atoms. The lowest BCUT2D eigenvalue weighted by atomic mass is 9.82. The molecule has 45 heavy (non-hydrogen) atoms. The van der Waals surface area contributed by atoms with E-state index in [0.717, 1.165) is 42.9 Å². The van der Waals surface area contributed by atoms with Gasteiger partial charge in [-0.15, -0.1) is 0 Å². The number of ether oxygens (including phenoxy) is 1. The van der Waals surface area contributed by atoms with Crippen molar-refractivity contribution in [2.45, 2.75) is 91.0 Å². The molecule has 1 N–H and O–H groups in total. The molecule has 2 fully saturated rings. The summed E-state index contributed by atoms with van der Waals surface area (Å²) >= 11 is 0. The molecule has 0 radical (unpaired) electrons. The number of likely N-dealkylation sites (N-methyl/N-ethyl adjacent to an activating group) is 1. The molecule has 3 aromatic carbocycles. The molecule has 2 aliphatic heterocycles. The Morgan fingerprint density at radius 1 is 1.04 bits per heavy atom. The molecule has 2 saturated heterocycles. The lowest BCUT2D eigenvalue weighted by Gasteiger charge is -2.41. The van der Waals surface area contributed by atoms with Crippen LogP contribution in [0.2, 0.25) is 0 Å². The summed E-state index contributed by atoms with van der Waals surface area (Å²) in [5.74, 6) is -1.54. The molecule has 7 heteroatoms. The van der Waals surface area contributed by atoms with Crippen molar-refractivity contribution in [1.29, 1.82) is 0 Å². The van der Waals surface area contributed by atoms with Gasteiger partial charge in [-0.25, -0.2) is 4.39 Å². The number of piperidine rings is 1. The lowest BCUT2D eigenvalue weighted by molar-refractivity contribution is -0.123. The Hall–Kier alpha value is -3.55. The molecule has 0 saturated carbocycles. The van der Waals surface area contributed by atoms with Crippen LogP contribution in [0.3, 0.4) is 0 Å². The van der Waals surface area contributed by atoms with Crippen molar-refractivity contribution in [2.75, 3.05) is 25.0 Å². The number of carbonyl (C=O) groups is 2. The average Bonchev–Trinajstić information content (AvgIpc) is 3.44. The molecule has 0 bridgehead atoms. The van der Waals surface area contributed by atoms with Gasteiger partial charge in [-0.2, -0.15) is 0 Å². The third kappa shape index (κ3) is 7.31. The van der Waals surface area contributed by atoms with Crippen LogP contribution in [0.25, 0.3) is 0 Å². The van der Waals surface area contributed by atoms with E-state index >= 15 is 4.39 Å². The molecule has 0 aromatic heterocycles. The van der Waals surface area contributed by atoms with Crippen LogP contribution in [0.1, 0.15) is 92.5 Å². The summed E-state index contributed by atoms with van der Waals surface area (Å²) in [6.45, 7) is 15.5. The first kappa shape index (κ1) is 32.8. The van der Waals surface area contributed by atoms with Crippen LogP contribution in [0.5, 0.6) is 0 Å². The molecule has 5 rings (SSSR count). The molecular formula is C38H48FN3O3. The molecule has 2 amide bonds. The zero-order chi connectivity index (χ0) is 32.3. The minimum atomic E-state index is -0.538. The van der Waals surface area contributed by atoms with E-state index in [1.807, 2.05) is 30.3 Å². The number of hydrogen-bond donors (Lipinski definition) is 1. The highest BCUT2D eigenvalue weighted by Crippen LogP contribution is 2.39. The third-order valence-electron chi connectivity index (χ3n) is 9.58. The summed E-state index contributed by atoms with van der Waals surface area (Å²) in [4.78, 5) is 32.3. The Bertz CT molecular complexity index is 1480. The van der Waals surface area contributed by atoms with Crippen LogP contribution >= 0.6 is 0 Å². The van der Waals surface area contributed by atoms with Crippen molar-refractivity contribution in [3.8, 4) is 0 Å². The second kappa shape index (κ2) is 13.8. The fraction of sp³-hybridized carbons (Fsp3) is 0.474. The first-order valence-electron chi connectivity index (χ1n) is 16.4. The first-order valence-corrected chi connectivity index (χ1v) is 16.4. The van der Waals surface area contributed by atoms with Gasteiger partial charge in [0.2, 0.25) is 5.91 Å². The van der Waals surface area contributed by atoms with E-state index in [1.165, 1.54) is 11.6 Å². The monoisotopic (exact) mass is 613 g/mol. The number of anilines is 1. The van der Waals surface area contributed by atoms with E-state index in [4.69, 9.17) is 4.74 Å². The van der Waals surface area contributed by atoms with Gasteiger partial charge in [0.1, 0.15) is 5.82 Å². The predicted octanol–water partition coefficient (Wildman–Crippen LogP) is 7.66. The van der Waals surface area contributed by atoms with Crippen molar-refractivity contribution in [3.63, 3.8) is 0 Å². The topological polar surface area (TPSA) is 61.9 Å². The van der Waals surface area contributed by atoms with Gasteiger partial charge < -0.3 is 15.0 Å². The molecule has 3 aromatic rings. The Morgan fingerprint density at radius 2 is 1.78 bits per heavy atom. The summed E-state index contributed by atoms with van der Waals surface area (Å²) in [6.07, 6.45) is 2.51. The third-order valence-corrected chi connectivity index (χ3v) is 9.58. The average molecular weight is 614 g/mol.